The van der Waals surface area contributed by atoms with Gasteiger partial charge in [0.1, 0.15) is 0 Å². The fraction of sp³-hybridized carbons (Fsp3) is 0.500. The van der Waals surface area contributed by atoms with Crippen molar-refractivity contribution in [3.63, 3.8) is 0 Å². The first-order valence-electron chi connectivity index (χ1n) is 5.33. The molecule has 4 heteroatoms. The molecule has 0 unspecified atom stereocenters. The summed E-state index contributed by atoms with van der Waals surface area (Å²) in [7, 11) is 0. The van der Waals surface area contributed by atoms with E-state index in [4.69, 9.17) is 5.11 Å². The number of rotatable bonds is 9. The lowest BCUT2D eigenvalue weighted by molar-refractivity contribution is -0.137. The number of carbonyl (C=O) groups excluding carboxylic acids is 1. The average Bonchev–Trinajstić information content (AvgIpc) is 2.23. The lowest BCUT2D eigenvalue weighted by Crippen LogP contribution is -2.31. The van der Waals surface area contributed by atoms with Crippen LogP contribution in [0.3, 0.4) is 0 Å². The van der Waals surface area contributed by atoms with Crippen LogP contribution >= 0.6 is 0 Å². The molecule has 0 aromatic rings. The molecule has 0 aliphatic heterocycles. The van der Waals surface area contributed by atoms with Gasteiger partial charge >= 0.3 is 5.97 Å². The second kappa shape index (κ2) is 8.71. The molecule has 0 aromatic heterocycles. The summed E-state index contributed by atoms with van der Waals surface area (Å²) in [6.07, 6.45) is 5.15. The van der Waals surface area contributed by atoms with Crippen LogP contribution in [0.2, 0.25) is 0 Å². The zero-order valence-corrected chi connectivity index (χ0v) is 9.45. The number of hydrogen-bond acceptors (Lipinski definition) is 2. The van der Waals surface area contributed by atoms with E-state index in [2.05, 4.69) is 18.5 Å². The largest absolute Gasteiger partial charge is 0.481 e. The summed E-state index contributed by atoms with van der Waals surface area (Å²) in [6, 6.07) is 0. The highest BCUT2D eigenvalue weighted by molar-refractivity contribution is 5.79. The Bertz CT molecular complexity index is 251. The van der Waals surface area contributed by atoms with Gasteiger partial charge in [-0.25, -0.2) is 0 Å². The Labute approximate surface area is 96.0 Å². The third-order valence-electron chi connectivity index (χ3n) is 2.14. The molecule has 0 atom stereocenters. The zero-order chi connectivity index (χ0) is 12.4. The van der Waals surface area contributed by atoms with Crippen LogP contribution in [0.1, 0.15) is 25.7 Å². The van der Waals surface area contributed by atoms with Crippen LogP contribution in [0.5, 0.6) is 0 Å². The van der Waals surface area contributed by atoms with Crippen LogP contribution in [0.15, 0.2) is 25.3 Å². The van der Waals surface area contributed by atoms with Crippen molar-refractivity contribution in [1.82, 2.24) is 5.32 Å². The number of hydrogen-bond donors (Lipinski definition) is 2. The van der Waals surface area contributed by atoms with Crippen LogP contribution < -0.4 is 5.32 Å². The van der Waals surface area contributed by atoms with Gasteiger partial charge in [-0.3, -0.25) is 9.59 Å². The number of allylic oxidation sites excluding steroid dienone is 2. The Balaban J connectivity index is 3.86. The quantitative estimate of drug-likeness (QED) is 0.464. The van der Waals surface area contributed by atoms with E-state index >= 15 is 0 Å². The topological polar surface area (TPSA) is 66.4 Å². The van der Waals surface area contributed by atoms with Crippen molar-refractivity contribution in [2.75, 3.05) is 6.54 Å². The van der Waals surface area contributed by atoms with Crippen LogP contribution in [0.25, 0.3) is 0 Å². The van der Waals surface area contributed by atoms with Gasteiger partial charge in [-0.05, 0) is 19.3 Å². The van der Waals surface area contributed by atoms with E-state index in [9.17, 15) is 9.59 Å². The Morgan fingerprint density at radius 3 is 2.25 bits per heavy atom. The number of carboxylic acids is 1. The van der Waals surface area contributed by atoms with Crippen molar-refractivity contribution in [1.29, 1.82) is 0 Å². The second-order valence-electron chi connectivity index (χ2n) is 3.53. The Kier molecular flexibility index (Phi) is 7.85. The Morgan fingerprint density at radius 2 is 1.81 bits per heavy atom. The molecule has 0 fully saturated rings. The predicted molar refractivity (Wildman–Crippen MR) is 63.0 cm³/mol. The van der Waals surface area contributed by atoms with E-state index < -0.39 is 5.97 Å². The monoisotopic (exact) mass is 225 g/mol. The molecule has 0 saturated heterocycles. The first kappa shape index (κ1) is 14.4. The van der Waals surface area contributed by atoms with E-state index in [-0.39, 0.29) is 18.2 Å². The fourth-order valence-electron chi connectivity index (χ4n) is 1.31. The number of carbonyl (C=O) groups is 2. The summed E-state index contributed by atoms with van der Waals surface area (Å²) >= 11 is 0. The maximum Gasteiger partial charge on any atom is 0.303 e. The van der Waals surface area contributed by atoms with Crippen LogP contribution in [-0.4, -0.2) is 23.5 Å². The van der Waals surface area contributed by atoms with Gasteiger partial charge in [0.2, 0.25) is 5.91 Å². The first-order chi connectivity index (χ1) is 7.61. The summed E-state index contributed by atoms with van der Waals surface area (Å²) in [6.45, 7) is 7.58. The maximum atomic E-state index is 11.6. The predicted octanol–water partition coefficient (Wildman–Crippen LogP) is 1.74. The smallest absolute Gasteiger partial charge is 0.303 e. The van der Waals surface area contributed by atoms with Crippen molar-refractivity contribution >= 4 is 11.9 Å². The number of aliphatic carboxylic acids is 1. The first-order valence-corrected chi connectivity index (χ1v) is 5.33. The number of nitrogens with one attached hydrogen (secondary N) is 1. The highest BCUT2D eigenvalue weighted by atomic mass is 16.4. The molecule has 0 heterocycles. The van der Waals surface area contributed by atoms with E-state index in [0.717, 1.165) is 0 Å². The van der Waals surface area contributed by atoms with Crippen molar-refractivity contribution in [2.45, 2.75) is 25.7 Å². The van der Waals surface area contributed by atoms with Gasteiger partial charge in [-0.2, -0.15) is 0 Å². The summed E-state index contributed by atoms with van der Waals surface area (Å²) in [5.74, 6) is -1.05. The van der Waals surface area contributed by atoms with Crippen molar-refractivity contribution in [3.05, 3.63) is 25.3 Å². The average molecular weight is 225 g/mol. The summed E-state index contributed by atoms with van der Waals surface area (Å²) in [5.41, 5.74) is 0. The minimum absolute atomic E-state index is 0.0646. The van der Waals surface area contributed by atoms with Gasteiger partial charge in [-0.1, -0.05) is 12.2 Å². The lowest BCUT2D eigenvalue weighted by atomic mass is 10.0. The van der Waals surface area contributed by atoms with Crippen molar-refractivity contribution < 1.29 is 14.7 Å². The van der Waals surface area contributed by atoms with Gasteiger partial charge in [0.25, 0.3) is 0 Å². The summed E-state index contributed by atoms with van der Waals surface area (Å²) in [4.78, 5) is 21.9. The highest BCUT2D eigenvalue weighted by Gasteiger charge is 2.14. The molecular formula is C12H19NO3. The third-order valence-corrected chi connectivity index (χ3v) is 2.14. The normalized spacial score (nSPS) is 9.81. The van der Waals surface area contributed by atoms with Gasteiger partial charge in [0, 0.05) is 18.9 Å². The molecule has 4 nitrogen and oxygen atoms in total. The summed E-state index contributed by atoms with van der Waals surface area (Å²) in [5, 5.41) is 11.1. The maximum absolute atomic E-state index is 11.6. The van der Waals surface area contributed by atoms with Gasteiger partial charge in [-0.15, -0.1) is 13.2 Å². The van der Waals surface area contributed by atoms with Crippen LogP contribution in [-0.2, 0) is 9.59 Å². The molecule has 0 aliphatic carbocycles. The molecule has 2 N–H and O–H groups in total. The molecule has 0 rings (SSSR count). The van der Waals surface area contributed by atoms with Gasteiger partial charge < -0.3 is 10.4 Å². The standard InChI is InChI=1S/C12H19NO3/c1-3-6-10(7-4-2)12(16)13-9-5-8-11(14)15/h3-4,10H,1-2,5-9H2,(H,13,16)(H,14,15). The fourth-order valence-corrected chi connectivity index (χ4v) is 1.31. The minimum atomic E-state index is -0.844. The van der Waals surface area contributed by atoms with E-state index in [1.807, 2.05) is 0 Å². The molecule has 90 valence electrons. The van der Waals surface area contributed by atoms with E-state index in [1.54, 1.807) is 12.2 Å². The third kappa shape index (κ3) is 6.81. The molecule has 0 spiro atoms. The molecule has 16 heavy (non-hydrogen) atoms. The molecule has 0 aliphatic rings. The molecule has 1 amide bonds. The van der Waals surface area contributed by atoms with Crippen LogP contribution in [0.4, 0.5) is 0 Å². The summed E-state index contributed by atoms with van der Waals surface area (Å²) < 4.78 is 0. The second-order valence-corrected chi connectivity index (χ2v) is 3.53. The molecule has 0 saturated carbocycles. The molecular weight excluding hydrogens is 206 g/mol. The molecule has 0 bridgehead atoms. The minimum Gasteiger partial charge on any atom is -0.481 e. The molecule has 0 aromatic carbocycles. The van der Waals surface area contributed by atoms with Crippen LogP contribution in [0, 0.1) is 5.92 Å². The van der Waals surface area contributed by atoms with Crippen molar-refractivity contribution in [2.24, 2.45) is 5.92 Å². The SMILES string of the molecule is C=CCC(CC=C)C(=O)NCCCC(=O)O. The van der Waals surface area contributed by atoms with E-state index in [0.29, 0.717) is 25.8 Å². The Morgan fingerprint density at radius 1 is 1.25 bits per heavy atom. The molecule has 0 radical (unpaired) electrons. The van der Waals surface area contributed by atoms with Crippen molar-refractivity contribution in [3.8, 4) is 0 Å². The lowest BCUT2D eigenvalue weighted by Gasteiger charge is -2.12. The number of carboxylic acid groups (broad SMARTS) is 1. The van der Waals surface area contributed by atoms with E-state index in [1.165, 1.54) is 0 Å². The van der Waals surface area contributed by atoms with Gasteiger partial charge in [0.15, 0.2) is 0 Å². The van der Waals surface area contributed by atoms with Gasteiger partial charge in [0.05, 0.1) is 0 Å². The highest BCUT2D eigenvalue weighted by Crippen LogP contribution is 2.09. The number of amides is 1. The zero-order valence-electron chi connectivity index (χ0n) is 9.45. The Hall–Kier alpha value is -1.58.